The van der Waals surface area contributed by atoms with E-state index in [2.05, 4.69) is 16.0 Å². The molecular formula is C18H25I2N3O8. The Morgan fingerprint density at radius 1 is 0.839 bits per heavy atom. The standard InChI is InChI=1S/C18H25I2N3O8/c1-7-11(17(30)21-9(3-24)4-25)13(19)12(18(31)22-10(5-26)6-27)14(20)15(7)23-16(29)8(2)28/h8-10,24-28H,3-6H2,1-2H3,(H,21,30)(H,22,31)(H,23,29)/t8-/m0/s1. The Labute approximate surface area is 205 Å². The molecule has 1 aromatic rings. The normalized spacial score (nSPS) is 12.1. The predicted octanol–water partition coefficient (Wildman–Crippen LogP) is -1.31. The molecule has 0 spiro atoms. The van der Waals surface area contributed by atoms with E-state index < -0.39 is 62.3 Å². The number of rotatable bonds is 10. The van der Waals surface area contributed by atoms with Crippen LogP contribution in [0, 0.1) is 14.1 Å². The van der Waals surface area contributed by atoms with Crippen molar-refractivity contribution in [3.05, 3.63) is 23.8 Å². The van der Waals surface area contributed by atoms with E-state index in [1.54, 1.807) is 22.6 Å². The lowest BCUT2D eigenvalue weighted by Gasteiger charge is -2.23. The lowest BCUT2D eigenvalue weighted by Crippen LogP contribution is -2.42. The Morgan fingerprint density at radius 2 is 1.26 bits per heavy atom. The van der Waals surface area contributed by atoms with Gasteiger partial charge in [0.05, 0.1) is 58.9 Å². The Hall–Kier alpha value is -1.11. The van der Waals surface area contributed by atoms with E-state index >= 15 is 0 Å². The van der Waals surface area contributed by atoms with Crippen LogP contribution in [0.25, 0.3) is 0 Å². The third kappa shape index (κ3) is 6.93. The first-order chi connectivity index (χ1) is 14.5. The molecule has 0 unspecified atom stereocenters. The number of benzene rings is 1. The largest absolute Gasteiger partial charge is 0.394 e. The number of aliphatic hydroxyl groups is 5. The van der Waals surface area contributed by atoms with Crippen LogP contribution in [-0.2, 0) is 4.79 Å². The van der Waals surface area contributed by atoms with Crippen molar-refractivity contribution in [2.75, 3.05) is 31.7 Å². The Balaban J connectivity index is 3.66. The molecule has 1 atom stereocenters. The summed E-state index contributed by atoms with van der Waals surface area (Å²) in [5.41, 5.74) is 0.446. The molecule has 0 fully saturated rings. The van der Waals surface area contributed by atoms with Crippen molar-refractivity contribution >= 4 is 68.6 Å². The van der Waals surface area contributed by atoms with Crippen molar-refractivity contribution in [1.29, 1.82) is 0 Å². The summed E-state index contributed by atoms with van der Waals surface area (Å²) in [4.78, 5) is 37.9. The quantitative estimate of drug-likeness (QED) is 0.142. The van der Waals surface area contributed by atoms with Crippen LogP contribution in [0.5, 0.6) is 0 Å². The van der Waals surface area contributed by atoms with Crippen LogP contribution in [0.1, 0.15) is 33.2 Å². The van der Waals surface area contributed by atoms with E-state index in [4.69, 9.17) is 0 Å². The lowest BCUT2D eigenvalue weighted by atomic mass is 10.00. The summed E-state index contributed by atoms with van der Waals surface area (Å²) >= 11 is 3.61. The van der Waals surface area contributed by atoms with Gasteiger partial charge in [-0.15, -0.1) is 0 Å². The molecule has 11 nitrogen and oxygen atoms in total. The molecule has 174 valence electrons. The van der Waals surface area contributed by atoms with Gasteiger partial charge in [0.2, 0.25) is 0 Å². The van der Waals surface area contributed by atoms with Gasteiger partial charge >= 0.3 is 0 Å². The average Bonchev–Trinajstić information content (AvgIpc) is 2.72. The molecule has 0 heterocycles. The highest BCUT2D eigenvalue weighted by Crippen LogP contribution is 2.34. The number of carbonyl (C=O) groups excluding carboxylic acids is 3. The third-order valence-corrected chi connectivity index (χ3v) is 6.42. The zero-order valence-corrected chi connectivity index (χ0v) is 21.1. The van der Waals surface area contributed by atoms with Crippen molar-refractivity contribution in [2.24, 2.45) is 0 Å². The Bertz CT molecular complexity index is 774. The molecule has 0 saturated heterocycles. The second-order valence-corrected chi connectivity index (χ2v) is 8.77. The van der Waals surface area contributed by atoms with Gasteiger partial charge in [-0.25, -0.2) is 0 Å². The highest BCUT2D eigenvalue weighted by atomic mass is 127. The summed E-state index contributed by atoms with van der Waals surface area (Å²) in [5, 5.41) is 54.0. The van der Waals surface area contributed by atoms with Gasteiger partial charge in [-0.3, -0.25) is 14.4 Å². The minimum absolute atomic E-state index is 0.00860. The topological polar surface area (TPSA) is 188 Å². The van der Waals surface area contributed by atoms with Crippen molar-refractivity contribution in [3.63, 3.8) is 0 Å². The minimum Gasteiger partial charge on any atom is -0.394 e. The summed E-state index contributed by atoms with van der Waals surface area (Å²) in [6, 6.07) is -1.88. The van der Waals surface area contributed by atoms with Gasteiger partial charge in [0.15, 0.2) is 0 Å². The zero-order chi connectivity index (χ0) is 23.9. The van der Waals surface area contributed by atoms with E-state index in [9.17, 15) is 39.9 Å². The maximum absolute atomic E-state index is 12.9. The van der Waals surface area contributed by atoms with Gasteiger partial charge < -0.3 is 41.5 Å². The lowest BCUT2D eigenvalue weighted by molar-refractivity contribution is -0.123. The first-order valence-electron chi connectivity index (χ1n) is 9.09. The van der Waals surface area contributed by atoms with Crippen LogP contribution < -0.4 is 16.0 Å². The summed E-state index contributed by atoms with van der Waals surface area (Å²) in [5.74, 6) is -2.16. The van der Waals surface area contributed by atoms with Crippen LogP contribution >= 0.6 is 45.2 Å². The highest BCUT2D eigenvalue weighted by Gasteiger charge is 2.29. The molecule has 0 aliphatic heterocycles. The van der Waals surface area contributed by atoms with Crippen LogP contribution in [-0.4, -0.2) is 87.9 Å². The van der Waals surface area contributed by atoms with E-state index in [1.807, 2.05) is 22.6 Å². The molecule has 0 aromatic heterocycles. The second-order valence-electron chi connectivity index (χ2n) is 6.61. The third-order valence-electron chi connectivity index (χ3n) is 4.26. The Morgan fingerprint density at radius 3 is 1.65 bits per heavy atom. The van der Waals surface area contributed by atoms with Crippen molar-refractivity contribution < 1.29 is 39.9 Å². The number of aliphatic hydroxyl groups excluding tert-OH is 5. The number of hydrogen-bond acceptors (Lipinski definition) is 8. The summed E-state index contributed by atoms with van der Waals surface area (Å²) in [7, 11) is 0. The molecular weight excluding hydrogens is 640 g/mol. The number of hydrogen-bond donors (Lipinski definition) is 8. The fourth-order valence-electron chi connectivity index (χ4n) is 2.46. The molecule has 0 aliphatic rings. The van der Waals surface area contributed by atoms with Crippen LogP contribution in [0.2, 0.25) is 0 Å². The molecule has 0 aliphatic carbocycles. The molecule has 13 heteroatoms. The fraction of sp³-hybridized carbons (Fsp3) is 0.500. The molecule has 0 radical (unpaired) electrons. The SMILES string of the molecule is Cc1c(NC(=O)[C@H](C)O)c(I)c(C(=O)NC(CO)CO)c(I)c1C(=O)NC(CO)CO. The smallest absolute Gasteiger partial charge is 0.253 e. The fourth-order valence-corrected chi connectivity index (χ4v) is 5.19. The van der Waals surface area contributed by atoms with Crippen molar-refractivity contribution in [2.45, 2.75) is 32.0 Å². The van der Waals surface area contributed by atoms with Gasteiger partial charge in [-0.2, -0.15) is 0 Å². The summed E-state index contributed by atoms with van der Waals surface area (Å²) < 4.78 is 0.492. The number of anilines is 1. The first-order valence-corrected chi connectivity index (χ1v) is 11.2. The molecule has 1 rings (SSSR count). The van der Waals surface area contributed by atoms with E-state index in [0.29, 0.717) is 5.56 Å². The van der Waals surface area contributed by atoms with Crippen molar-refractivity contribution in [3.8, 4) is 0 Å². The first kappa shape index (κ1) is 27.9. The minimum atomic E-state index is -1.36. The van der Waals surface area contributed by atoms with Crippen LogP contribution in [0.4, 0.5) is 5.69 Å². The number of nitrogens with one attached hydrogen (secondary N) is 3. The number of halogens is 2. The van der Waals surface area contributed by atoms with Gasteiger partial charge in [0.1, 0.15) is 6.10 Å². The maximum atomic E-state index is 12.9. The summed E-state index contributed by atoms with van der Waals surface area (Å²) in [6.45, 7) is 0.719. The maximum Gasteiger partial charge on any atom is 0.253 e. The van der Waals surface area contributed by atoms with Gasteiger partial charge in [-0.1, -0.05) is 0 Å². The molecule has 8 N–H and O–H groups in total. The van der Waals surface area contributed by atoms with E-state index in [-0.39, 0.29) is 24.0 Å². The molecule has 0 saturated carbocycles. The average molecular weight is 665 g/mol. The monoisotopic (exact) mass is 665 g/mol. The summed E-state index contributed by atoms with van der Waals surface area (Å²) in [6.07, 6.45) is -1.36. The Kier molecular flexibility index (Phi) is 11.5. The van der Waals surface area contributed by atoms with E-state index in [0.717, 1.165) is 0 Å². The van der Waals surface area contributed by atoms with Crippen molar-refractivity contribution in [1.82, 2.24) is 10.6 Å². The van der Waals surface area contributed by atoms with Gasteiger partial charge in [0, 0.05) is 3.57 Å². The predicted molar refractivity (Wildman–Crippen MR) is 128 cm³/mol. The number of carbonyl (C=O) groups is 3. The van der Waals surface area contributed by atoms with Crippen LogP contribution in [0.15, 0.2) is 0 Å². The van der Waals surface area contributed by atoms with Gasteiger partial charge in [0.25, 0.3) is 17.7 Å². The molecule has 3 amide bonds. The molecule has 0 bridgehead atoms. The second kappa shape index (κ2) is 12.8. The van der Waals surface area contributed by atoms with Crippen LogP contribution in [0.3, 0.4) is 0 Å². The highest BCUT2D eigenvalue weighted by molar-refractivity contribution is 14.1. The van der Waals surface area contributed by atoms with Gasteiger partial charge in [-0.05, 0) is 64.6 Å². The molecule has 1 aromatic carbocycles. The number of amides is 3. The zero-order valence-electron chi connectivity index (χ0n) is 16.8. The molecule has 31 heavy (non-hydrogen) atoms. The van der Waals surface area contributed by atoms with E-state index in [1.165, 1.54) is 13.8 Å².